The number of carbonyl (C=O) groups is 1. The smallest absolute Gasteiger partial charge is 0.293 e. The Morgan fingerprint density at radius 1 is 1.07 bits per heavy atom. The Bertz CT molecular complexity index is 1660. The topological polar surface area (TPSA) is 156 Å². The lowest BCUT2D eigenvalue weighted by molar-refractivity contribution is 0.0946. The van der Waals surface area contributed by atoms with Crippen molar-refractivity contribution in [2.24, 2.45) is 11.0 Å². The predicted molar refractivity (Wildman–Crippen MR) is 169 cm³/mol. The van der Waals surface area contributed by atoms with Gasteiger partial charge in [0.05, 0.1) is 19.0 Å². The van der Waals surface area contributed by atoms with Crippen LogP contribution in [-0.4, -0.2) is 93.6 Å². The van der Waals surface area contributed by atoms with Crippen molar-refractivity contribution in [1.29, 1.82) is 0 Å². The van der Waals surface area contributed by atoms with Crippen LogP contribution in [0.5, 0.6) is 5.75 Å². The Labute approximate surface area is 265 Å². The SMILES string of the molecule is COc1ccc(/C=N\NC(=O)c2nnn(-c3nonc3N)c2CN2CCC(C)CC2)cc1CN1CCN(c2ccc(F)cc2)CC1. The first-order chi connectivity index (χ1) is 22.4. The maximum Gasteiger partial charge on any atom is 0.293 e. The molecule has 0 atom stereocenters. The second kappa shape index (κ2) is 14.0. The molecule has 2 aliphatic heterocycles. The molecular weight excluding hydrogens is 593 g/mol. The van der Waals surface area contributed by atoms with Gasteiger partial charge in [0.15, 0.2) is 5.69 Å². The summed E-state index contributed by atoms with van der Waals surface area (Å²) in [7, 11) is 1.65. The maximum atomic E-state index is 13.3. The number of nitrogen functional groups attached to an aromatic ring is 1. The first-order valence-corrected chi connectivity index (χ1v) is 15.4. The zero-order chi connectivity index (χ0) is 32.0. The monoisotopic (exact) mass is 631 g/mol. The number of hydrazone groups is 1. The number of anilines is 2. The third-order valence-electron chi connectivity index (χ3n) is 8.57. The molecule has 0 saturated carbocycles. The summed E-state index contributed by atoms with van der Waals surface area (Å²) >= 11 is 0. The molecule has 4 heterocycles. The lowest BCUT2D eigenvalue weighted by Gasteiger charge is -2.36. The number of ether oxygens (including phenoxy) is 1. The minimum atomic E-state index is -0.509. The van der Waals surface area contributed by atoms with E-state index < -0.39 is 5.91 Å². The van der Waals surface area contributed by atoms with Crippen molar-refractivity contribution >= 4 is 23.6 Å². The zero-order valence-corrected chi connectivity index (χ0v) is 26.0. The molecule has 1 amide bonds. The number of aromatic nitrogens is 5. The first-order valence-electron chi connectivity index (χ1n) is 15.4. The molecule has 0 spiro atoms. The minimum Gasteiger partial charge on any atom is -0.496 e. The Hall–Kier alpha value is -4.89. The van der Waals surface area contributed by atoms with Crippen LogP contribution < -0.4 is 20.8 Å². The largest absolute Gasteiger partial charge is 0.496 e. The molecule has 15 heteroatoms. The molecule has 0 aliphatic carbocycles. The quantitative estimate of drug-likeness (QED) is 0.196. The summed E-state index contributed by atoms with van der Waals surface area (Å²) in [6.45, 7) is 8.52. The number of rotatable bonds is 10. The average Bonchev–Trinajstić information content (AvgIpc) is 3.68. The molecule has 2 aromatic carbocycles. The van der Waals surface area contributed by atoms with Gasteiger partial charge >= 0.3 is 0 Å². The molecule has 2 aromatic heterocycles. The molecule has 3 N–H and O–H groups in total. The Balaban J connectivity index is 1.11. The highest BCUT2D eigenvalue weighted by Crippen LogP contribution is 2.24. The summed E-state index contributed by atoms with van der Waals surface area (Å²) in [5, 5.41) is 20.0. The standard InChI is InChI=1S/C31H38FN11O3/c1-21-9-11-40(12-10-21)20-26-28(35-39-43(26)30-29(33)37-46-38-30)31(44)36-34-18-22-3-8-27(45-2)23(17-22)19-41-13-15-42(16-14-41)25-6-4-24(32)5-7-25/h3-8,17-18,21H,9-16,19-20H2,1-2H3,(H2,33,37)(H,36,44)/b34-18-. The number of piperazine rings is 1. The van der Waals surface area contributed by atoms with Crippen LogP contribution >= 0.6 is 0 Å². The highest BCUT2D eigenvalue weighted by molar-refractivity contribution is 5.94. The summed E-state index contributed by atoms with van der Waals surface area (Å²) < 4.78 is 25.1. The molecule has 242 valence electrons. The van der Waals surface area contributed by atoms with Crippen molar-refractivity contribution in [2.45, 2.75) is 32.9 Å². The summed E-state index contributed by atoms with van der Waals surface area (Å²) in [6, 6.07) is 12.4. The third kappa shape index (κ3) is 7.15. The van der Waals surface area contributed by atoms with Crippen molar-refractivity contribution in [3.05, 3.63) is 70.8 Å². The number of halogens is 1. The Kier molecular flexibility index (Phi) is 9.49. The molecule has 14 nitrogen and oxygen atoms in total. The van der Waals surface area contributed by atoms with Crippen molar-refractivity contribution in [3.63, 3.8) is 0 Å². The van der Waals surface area contributed by atoms with E-state index in [1.165, 1.54) is 16.8 Å². The number of methoxy groups -OCH3 is 1. The van der Waals surface area contributed by atoms with Crippen LogP contribution in [0, 0.1) is 11.7 Å². The number of nitrogens with one attached hydrogen (secondary N) is 1. The normalized spacial score (nSPS) is 16.7. The highest BCUT2D eigenvalue weighted by atomic mass is 19.1. The van der Waals surface area contributed by atoms with Crippen molar-refractivity contribution < 1.29 is 18.6 Å². The molecule has 0 radical (unpaired) electrons. The second-order valence-corrected chi connectivity index (χ2v) is 11.7. The van der Waals surface area contributed by atoms with Crippen LogP contribution in [-0.2, 0) is 13.1 Å². The van der Waals surface area contributed by atoms with Crippen molar-refractivity contribution in [2.75, 3.05) is 57.0 Å². The fourth-order valence-corrected chi connectivity index (χ4v) is 5.84. The van der Waals surface area contributed by atoms with E-state index >= 15 is 0 Å². The van der Waals surface area contributed by atoms with E-state index in [9.17, 15) is 9.18 Å². The maximum absolute atomic E-state index is 13.3. The number of carbonyl (C=O) groups excluding carboxylic acids is 1. The molecule has 4 aromatic rings. The molecule has 6 rings (SSSR count). The summed E-state index contributed by atoms with van der Waals surface area (Å²) in [5.74, 6) is 0.918. The molecule has 2 fully saturated rings. The van der Waals surface area contributed by atoms with Gasteiger partial charge in [-0.05, 0) is 90.2 Å². The summed E-state index contributed by atoms with van der Waals surface area (Å²) in [5.41, 5.74) is 12.0. The van der Waals surface area contributed by atoms with Gasteiger partial charge in [-0.1, -0.05) is 12.1 Å². The van der Waals surface area contributed by atoms with Gasteiger partial charge in [0.25, 0.3) is 5.91 Å². The van der Waals surface area contributed by atoms with E-state index in [4.69, 9.17) is 15.1 Å². The number of piperidine rings is 1. The van der Waals surface area contributed by atoms with E-state index in [0.29, 0.717) is 24.7 Å². The second-order valence-electron chi connectivity index (χ2n) is 11.7. The van der Waals surface area contributed by atoms with E-state index in [1.807, 2.05) is 30.3 Å². The molecule has 2 aliphatic rings. The fraction of sp³-hybridized carbons (Fsp3) is 0.419. The van der Waals surface area contributed by atoms with Crippen LogP contribution in [0.3, 0.4) is 0 Å². The van der Waals surface area contributed by atoms with Gasteiger partial charge in [0.1, 0.15) is 11.6 Å². The molecule has 0 bridgehead atoms. The van der Waals surface area contributed by atoms with Crippen molar-refractivity contribution in [3.8, 4) is 11.6 Å². The number of hydrogen-bond acceptors (Lipinski definition) is 12. The lowest BCUT2D eigenvalue weighted by Crippen LogP contribution is -2.46. The molecular formula is C31H38FN11O3. The average molecular weight is 632 g/mol. The molecule has 0 unspecified atom stereocenters. The van der Waals surface area contributed by atoms with Crippen LogP contribution in [0.2, 0.25) is 0 Å². The van der Waals surface area contributed by atoms with Crippen LogP contribution in [0.25, 0.3) is 5.82 Å². The summed E-state index contributed by atoms with van der Waals surface area (Å²) in [6.07, 6.45) is 3.72. The van der Waals surface area contributed by atoms with Gasteiger partial charge in [-0.3, -0.25) is 14.6 Å². The Morgan fingerprint density at radius 3 is 2.50 bits per heavy atom. The lowest BCUT2D eigenvalue weighted by atomic mass is 9.99. The number of amides is 1. The predicted octanol–water partition coefficient (Wildman–Crippen LogP) is 2.70. The van der Waals surface area contributed by atoms with Gasteiger partial charge in [0.2, 0.25) is 11.6 Å². The minimum absolute atomic E-state index is 0.0495. The van der Waals surface area contributed by atoms with Crippen molar-refractivity contribution in [1.82, 2.24) is 40.5 Å². The van der Waals surface area contributed by atoms with E-state index in [1.54, 1.807) is 13.3 Å². The van der Waals surface area contributed by atoms with Crippen LogP contribution in [0.15, 0.2) is 52.2 Å². The fourth-order valence-electron chi connectivity index (χ4n) is 5.84. The van der Waals surface area contributed by atoms with E-state index in [-0.39, 0.29) is 23.1 Å². The van der Waals surface area contributed by atoms with Gasteiger partial charge in [-0.25, -0.2) is 14.4 Å². The number of nitrogens with two attached hydrogens (primary N) is 1. The number of hydrogen-bond donors (Lipinski definition) is 2. The highest BCUT2D eigenvalue weighted by Gasteiger charge is 2.27. The number of likely N-dealkylation sites (tertiary alicyclic amines) is 1. The van der Waals surface area contributed by atoms with Gasteiger partial charge in [-0.2, -0.15) is 9.78 Å². The molecule has 46 heavy (non-hydrogen) atoms. The van der Waals surface area contributed by atoms with Crippen LogP contribution in [0.4, 0.5) is 15.9 Å². The van der Waals surface area contributed by atoms with Crippen LogP contribution in [0.1, 0.15) is 47.1 Å². The zero-order valence-electron chi connectivity index (χ0n) is 26.0. The third-order valence-corrected chi connectivity index (χ3v) is 8.57. The number of benzene rings is 2. The molecule has 2 saturated heterocycles. The Morgan fingerprint density at radius 2 is 1.80 bits per heavy atom. The van der Waals surface area contributed by atoms with Gasteiger partial charge in [0, 0.05) is 50.5 Å². The van der Waals surface area contributed by atoms with Gasteiger partial charge < -0.3 is 15.4 Å². The number of nitrogens with zero attached hydrogens (tertiary/aromatic N) is 9. The summed E-state index contributed by atoms with van der Waals surface area (Å²) in [4.78, 5) is 20.2. The van der Waals surface area contributed by atoms with E-state index in [0.717, 1.165) is 74.7 Å². The van der Waals surface area contributed by atoms with Gasteiger partial charge in [-0.15, -0.1) is 5.10 Å². The van der Waals surface area contributed by atoms with E-state index in [2.05, 4.69) is 52.8 Å². The first kappa shape index (κ1) is 31.1.